The van der Waals surface area contributed by atoms with Crippen LogP contribution in [0.1, 0.15) is 1.43 Å². The quantitative estimate of drug-likeness (QED) is 0.649. The zero-order chi connectivity index (χ0) is 11.0. The van der Waals surface area contributed by atoms with Crippen LogP contribution < -0.4 is 29.6 Å². The molecule has 80 valence electrons. The second-order valence-corrected chi connectivity index (χ2v) is 4.53. The molecule has 0 fully saturated rings. The summed E-state index contributed by atoms with van der Waals surface area (Å²) in [7, 11) is 0. The SMILES string of the molecule is Oc1ccccc1-c1nc2ccccc2s1.[H-].[Na+]. The van der Waals surface area contributed by atoms with Crippen molar-refractivity contribution in [3.05, 3.63) is 48.5 Å². The number of benzene rings is 2. The third kappa shape index (κ3) is 2.38. The molecule has 2 aromatic carbocycles. The minimum absolute atomic E-state index is 0. The molecule has 0 aliphatic heterocycles. The number of thiazole rings is 1. The summed E-state index contributed by atoms with van der Waals surface area (Å²) in [5, 5.41) is 10.6. The van der Waals surface area contributed by atoms with Crippen LogP contribution in [-0.4, -0.2) is 10.1 Å². The molecule has 0 unspecified atom stereocenters. The summed E-state index contributed by atoms with van der Waals surface area (Å²) in [5.41, 5.74) is 1.77. The Kier molecular flexibility index (Phi) is 3.84. The van der Waals surface area contributed by atoms with Crippen molar-refractivity contribution < 1.29 is 36.1 Å². The van der Waals surface area contributed by atoms with Gasteiger partial charge < -0.3 is 6.53 Å². The maximum Gasteiger partial charge on any atom is 1.00 e. The van der Waals surface area contributed by atoms with Crippen LogP contribution in [0.25, 0.3) is 20.8 Å². The van der Waals surface area contributed by atoms with Crippen molar-refractivity contribution in [2.24, 2.45) is 0 Å². The molecule has 1 aromatic heterocycles. The van der Waals surface area contributed by atoms with Crippen LogP contribution in [0, 0.1) is 0 Å². The molecule has 0 radical (unpaired) electrons. The molecule has 2 nitrogen and oxygen atoms in total. The first-order chi connectivity index (χ1) is 7.84. The van der Waals surface area contributed by atoms with E-state index in [0.29, 0.717) is 0 Å². The minimum Gasteiger partial charge on any atom is -1.00 e. The Morgan fingerprint density at radius 1 is 1.00 bits per heavy atom. The number of phenolic OH excluding ortho intramolecular Hbond substituents is 1. The molecule has 3 aromatic rings. The van der Waals surface area contributed by atoms with E-state index in [2.05, 4.69) is 4.98 Å². The average molecular weight is 251 g/mol. The van der Waals surface area contributed by atoms with Gasteiger partial charge in [-0.25, -0.2) is 4.98 Å². The van der Waals surface area contributed by atoms with Crippen LogP contribution in [-0.2, 0) is 0 Å². The largest absolute Gasteiger partial charge is 1.00 e. The third-order valence-electron chi connectivity index (χ3n) is 2.43. The summed E-state index contributed by atoms with van der Waals surface area (Å²) in [6, 6.07) is 15.3. The van der Waals surface area contributed by atoms with E-state index in [1.165, 1.54) is 0 Å². The number of phenols is 1. The zero-order valence-corrected chi connectivity index (χ0v) is 12.2. The van der Waals surface area contributed by atoms with Crippen molar-refractivity contribution >= 4 is 21.6 Å². The Labute approximate surface area is 127 Å². The van der Waals surface area contributed by atoms with Gasteiger partial charge in [-0.15, -0.1) is 11.3 Å². The van der Waals surface area contributed by atoms with Crippen LogP contribution in [0.3, 0.4) is 0 Å². The molecule has 0 aliphatic rings. The predicted octanol–water partition coefficient (Wildman–Crippen LogP) is 0.785. The molecular weight excluding hydrogens is 241 g/mol. The van der Waals surface area contributed by atoms with Gasteiger partial charge in [0.2, 0.25) is 0 Å². The second-order valence-electron chi connectivity index (χ2n) is 3.50. The zero-order valence-electron chi connectivity index (χ0n) is 10.4. The van der Waals surface area contributed by atoms with Crippen molar-refractivity contribution in [3.63, 3.8) is 0 Å². The van der Waals surface area contributed by atoms with Crippen molar-refractivity contribution in [1.82, 2.24) is 4.98 Å². The molecule has 3 rings (SSSR count). The molecule has 4 heteroatoms. The summed E-state index contributed by atoms with van der Waals surface area (Å²) in [6.07, 6.45) is 0. The Hall–Kier alpha value is -0.870. The van der Waals surface area contributed by atoms with Gasteiger partial charge in [0.1, 0.15) is 10.8 Å². The van der Waals surface area contributed by atoms with Gasteiger partial charge in [0.15, 0.2) is 0 Å². The standard InChI is InChI=1S/C13H9NOS.Na.H/c15-11-7-3-1-5-9(11)13-14-10-6-2-4-8-12(10)16-13;;/h1-8,15H;;/q;+1;-1. The van der Waals surface area contributed by atoms with E-state index >= 15 is 0 Å². The summed E-state index contributed by atoms with van der Waals surface area (Å²) in [6.45, 7) is 0. The Bertz CT molecular complexity index is 623. The molecule has 0 spiro atoms. The third-order valence-corrected chi connectivity index (χ3v) is 3.50. The van der Waals surface area contributed by atoms with Crippen molar-refractivity contribution in [3.8, 4) is 16.3 Å². The molecule has 0 aliphatic carbocycles. The first-order valence-electron chi connectivity index (χ1n) is 4.98. The van der Waals surface area contributed by atoms with E-state index in [-0.39, 0.29) is 36.7 Å². The van der Waals surface area contributed by atoms with E-state index in [4.69, 9.17) is 0 Å². The normalized spacial score (nSPS) is 10.1. The van der Waals surface area contributed by atoms with E-state index < -0.39 is 0 Å². The van der Waals surface area contributed by atoms with Gasteiger partial charge in [-0.2, -0.15) is 0 Å². The number of para-hydroxylation sites is 2. The second kappa shape index (κ2) is 5.19. The Morgan fingerprint density at radius 3 is 2.47 bits per heavy atom. The molecular formula is C13H10NNaOS. The predicted molar refractivity (Wildman–Crippen MR) is 67.8 cm³/mol. The molecule has 0 amide bonds. The van der Waals surface area contributed by atoms with Crippen LogP contribution in [0.5, 0.6) is 5.75 Å². The summed E-state index contributed by atoms with van der Waals surface area (Å²) in [5.74, 6) is 0.279. The summed E-state index contributed by atoms with van der Waals surface area (Å²) < 4.78 is 1.14. The molecule has 17 heavy (non-hydrogen) atoms. The van der Waals surface area contributed by atoms with Gasteiger partial charge in [-0.3, -0.25) is 0 Å². The van der Waals surface area contributed by atoms with Crippen LogP contribution in [0.2, 0.25) is 0 Å². The average Bonchev–Trinajstić information content (AvgIpc) is 2.73. The molecule has 1 heterocycles. The fourth-order valence-corrected chi connectivity index (χ4v) is 2.64. The first-order valence-corrected chi connectivity index (χ1v) is 5.80. The number of aromatic hydroxyl groups is 1. The monoisotopic (exact) mass is 251 g/mol. The fourth-order valence-electron chi connectivity index (χ4n) is 1.64. The maximum absolute atomic E-state index is 9.76. The topological polar surface area (TPSA) is 33.1 Å². The van der Waals surface area contributed by atoms with E-state index in [0.717, 1.165) is 20.8 Å². The van der Waals surface area contributed by atoms with Gasteiger partial charge in [-0.05, 0) is 24.3 Å². The number of nitrogens with zero attached hydrogens (tertiary/aromatic N) is 1. The number of rotatable bonds is 1. The fraction of sp³-hybridized carbons (Fsp3) is 0. The van der Waals surface area contributed by atoms with E-state index in [1.54, 1.807) is 17.4 Å². The van der Waals surface area contributed by atoms with Crippen LogP contribution in [0.4, 0.5) is 0 Å². The number of aromatic nitrogens is 1. The number of hydrogen-bond acceptors (Lipinski definition) is 3. The molecule has 0 bridgehead atoms. The number of fused-ring (bicyclic) bond motifs is 1. The smallest absolute Gasteiger partial charge is 1.00 e. The Morgan fingerprint density at radius 2 is 1.71 bits per heavy atom. The van der Waals surface area contributed by atoms with Gasteiger partial charge in [0.25, 0.3) is 0 Å². The van der Waals surface area contributed by atoms with Gasteiger partial charge in [0.05, 0.1) is 15.8 Å². The van der Waals surface area contributed by atoms with Gasteiger partial charge >= 0.3 is 29.6 Å². The van der Waals surface area contributed by atoms with Crippen molar-refractivity contribution in [1.29, 1.82) is 0 Å². The van der Waals surface area contributed by atoms with Crippen molar-refractivity contribution in [2.45, 2.75) is 0 Å². The van der Waals surface area contributed by atoms with E-state index in [1.807, 2.05) is 42.5 Å². The number of hydrogen-bond donors (Lipinski definition) is 1. The first kappa shape index (κ1) is 12.6. The summed E-state index contributed by atoms with van der Waals surface area (Å²) in [4.78, 5) is 4.50. The van der Waals surface area contributed by atoms with Crippen molar-refractivity contribution in [2.75, 3.05) is 0 Å². The van der Waals surface area contributed by atoms with Crippen LogP contribution >= 0.6 is 11.3 Å². The van der Waals surface area contributed by atoms with Gasteiger partial charge in [-0.1, -0.05) is 24.3 Å². The van der Waals surface area contributed by atoms with E-state index in [9.17, 15) is 5.11 Å². The summed E-state index contributed by atoms with van der Waals surface area (Å²) >= 11 is 1.59. The molecule has 0 saturated heterocycles. The van der Waals surface area contributed by atoms with Gasteiger partial charge in [0, 0.05) is 0 Å². The molecule has 0 saturated carbocycles. The molecule has 1 N–H and O–H groups in total. The Balaban J connectivity index is 0.000000810. The minimum atomic E-state index is 0. The van der Waals surface area contributed by atoms with Crippen LogP contribution in [0.15, 0.2) is 48.5 Å². The maximum atomic E-state index is 9.76. The molecule has 0 atom stereocenters.